The number of rotatable bonds is 5. The highest BCUT2D eigenvalue weighted by Crippen LogP contribution is 2.22. The van der Waals surface area contributed by atoms with Crippen molar-refractivity contribution in [3.05, 3.63) is 69.3 Å². The number of benzene rings is 2. The first kappa shape index (κ1) is 20.9. The van der Waals surface area contributed by atoms with Gasteiger partial charge in [-0.15, -0.1) is 0 Å². The quantitative estimate of drug-likeness (QED) is 0.549. The number of nitro groups is 1. The summed E-state index contributed by atoms with van der Waals surface area (Å²) in [6, 6.07) is 11.2. The number of hydrogen-bond acceptors (Lipinski definition) is 5. The van der Waals surface area contributed by atoms with Gasteiger partial charge in [0.15, 0.2) is 0 Å². The molecule has 0 aliphatic carbocycles. The molecule has 1 aliphatic rings. The summed E-state index contributed by atoms with van der Waals surface area (Å²) in [5, 5.41) is 11.1. The van der Waals surface area contributed by atoms with Gasteiger partial charge in [-0.1, -0.05) is 24.3 Å². The lowest BCUT2D eigenvalue weighted by Gasteiger charge is -2.34. The Morgan fingerprint density at radius 3 is 2.31 bits per heavy atom. The van der Waals surface area contributed by atoms with Gasteiger partial charge in [0.1, 0.15) is 0 Å². The van der Waals surface area contributed by atoms with E-state index in [1.54, 1.807) is 41.3 Å². The van der Waals surface area contributed by atoms with E-state index in [4.69, 9.17) is 0 Å². The lowest BCUT2D eigenvalue weighted by Crippen LogP contribution is -2.50. The van der Waals surface area contributed by atoms with Crippen LogP contribution in [0, 0.1) is 24.0 Å². The molecule has 1 amide bonds. The number of carbonyl (C=O) groups is 1. The molecule has 154 valence electrons. The van der Waals surface area contributed by atoms with Crippen LogP contribution in [0.2, 0.25) is 0 Å². The largest absolute Gasteiger partial charge is 0.340 e. The number of sulfonamides is 1. The number of amides is 1. The van der Waals surface area contributed by atoms with Crippen LogP contribution in [-0.2, 0) is 21.2 Å². The first-order chi connectivity index (χ1) is 13.7. The van der Waals surface area contributed by atoms with E-state index in [2.05, 4.69) is 0 Å². The predicted molar refractivity (Wildman–Crippen MR) is 108 cm³/mol. The van der Waals surface area contributed by atoms with Crippen LogP contribution in [0.15, 0.2) is 47.4 Å². The fourth-order valence-electron chi connectivity index (χ4n) is 3.31. The van der Waals surface area contributed by atoms with E-state index in [9.17, 15) is 23.3 Å². The molecular formula is C20H23N3O5S. The van der Waals surface area contributed by atoms with Crippen molar-refractivity contribution in [1.82, 2.24) is 9.21 Å². The first-order valence-electron chi connectivity index (χ1n) is 9.27. The molecule has 0 N–H and O–H groups in total. The molecule has 0 spiro atoms. The Balaban J connectivity index is 1.66. The van der Waals surface area contributed by atoms with Crippen molar-refractivity contribution in [1.29, 1.82) is 0 Å². The first-order valence-corrected chi connectivity index (χ1v) is 10.7. The molecule has 29 heavy (non-hydrogen) atoms. The topological polar surface area (TPSA) is 101 Å². The Hall–Kier alpha value is -2.78. The normalized spacial score (nSPS) is 15.3. The molecule has 0 radical (unpaired) electrons. The highest BCUT2D eigenvalue weighted by Gasteiger charge is 2.30. The molecule has 2 aromatic carbocycles. The molecule has 8 nitrogen and oxygen atoms in total. The molecule has 0 saturated carbocycles. The van der Waals surface area contributed by atoms with E-state index in [0.29, 0.717) is 5.56 Å². The Labute approximate surface area is 169 Å². The van der Waals surface area contributed by atoms with E-state index in [-0.39, 0.29) is 49.1 Å². The molecule has 0 unspecified atom stereocenters. The van der Waals surface area contributed by atoms with Gasteiger partial charge in [-0.3, -0.25) is 14.9 Å². The molecule has 1 saturated heterocycles. The average molecular weight is 417 g/mol. The van der Waals surface area contributed by atoms with Gasteiger partial charge in [-0.05, 0) is 37.1 Å². The second-order valence-electron chi connectivity index (χ2n) is 7.09. The third kappa shape index (κ3) is 4.46. The van der Waals surface area contributed by atoms with E-state index < -0.39 is 14.9 Å². The second kappa shape index (κ2) is 8.30. The summed E-state index contributed by atoms with van der Waals surface area (Å²) < 4.78 is 27.2. The molecule has 2 aromatic rings. The van der Waals surface area contributed by atoms with Crippen LogP contribution in [0.25, 0.3) is 0 Å². The summed E-state index contributed by atoms with van der Waals surface area (Å²) in [5.41, 5.74) is 2.20. The van der Waals surface area contributed by atoms with E-state index in [1.165, 1.54) is 10.4 Å². The lowest BCUT2D eigenvalue weighted by molar-refractivity contribution is -0.385. The van der Waals surface area contributed by atoms with Crippen molar-refractivity contribution in [2.45, 2.75) is 25.2 Å². The number of piperazine rings is 1. The van der Waals surface area contributed by atoms with Gasteiger partial charge >= 0.3 is 0 Å². The zero-order valence-corrected chi connectivity index (χ0v) is 17.2. The summed E-state index contributed by atoms with van der Waals surface area (Å²) >= 11 is 0. The minimum atomic E-state index is -3.62. The maximum Gasteiger partial charge on any atom is 0.273 e. The molecule has 3 rings (SSSR count). The molecular weight excluding hydrogens is 394 g/mol. The van der Waals surface area contributed by atoms with Gasteiger partial charge < -0.3 is 4.90 Å². The Bertz CT molecular complexity index is 1040. The molecule has 0 bridgehead atoms. The van der Waals surface area contributed by atoms with Gasteiger partial charge in [0, 0.05) is 37.8 Å². The minimum absolute atomic E-state index is 0.0823. The van der Waals surface area contributed by atoms with Gasteiger partial charge in [0.05, 0.1) is 16.2 Å². The zero-order valence-electron chi connectivity index (χ0n) is 16.4. The summed E-state index contributed by atoms with van der Waals surface area (Å²) in [4.78, 5) is 25.0. The number of nitrogens with zero attached hydrogens (tertiary/aromatic N) is 3. The van der Waals surface area contributed by atoms with E-state index >= 15 is 0 Å². The molecule has 0 atom stereocenters. The van der Waals surface area contributed by atoms with Gasteiger partial charge in [0.2, 0.25) is 15.9 Å². The van der Waals surface area contributed by atoms with Crippen LogP contribution in [0.4, 0.5) is 5.69 Å². The van der Waals surface area contributed by atoms with Crippen LogP contribution in [0.5, 0.6) is 0 Å². The maximum atomic E-state index is 12.9. The Kier molecular flexibility index (Phi) is 5.99. The van der Waals surface area contributed by atoms with Crippen LogP contribution in [0.3, 0.4) is 0 Å². The van der Waals surface area contributed by atoms with Crippen molar-refractivity contribution >= 4 is 21.6 Å². The summed E-state index contributed by atoms with van der Waals surface area (Å²) in [7, 11) is -3.62. The number of para-hydroxylation sites is 1. The molecule has 9 heteroatoms. The molecule has 0 aromatic heterocycles. The monoisotopic (exact) mass is 417 g/mol. The van der Waals surface area contributed by atoms with E-state index in [0.717, 1.165) is 11.1 Å². The van der Waals surface area contributed by atoms with Crippen LogP contribution < -0.4 is 0 Å². The maximum absolute atomic E-state index is 12.9. The smallest absolute Gasteiger partial charge is 0.273 e. The highest BCUT2D eigenvalue weighted by molar-refractivity contribution is 7.89. The zero-order chi connectivity index (χ0) is 21.2. The SMILES string of the molecule is Cc1ccc(S(=O)(=O)N2CCN(C(=O)Cc3ccccc3[N+](=O)[O-])CC2)cc1C. The minimum Gasteiger partial charge on any atom is -0.340 e. The molecule has 1 aliphatic heterocycles. The van der Waals surface area contributed by atoms with Crippen LogP contribution in [0.1, 0.15) is 16.7 Å². The third-order valence-corrected chi connectivity index (χ3v) is 7.13. The van der Waals surface area contributed by atoms with Crippen molar-refractivity contribution < 1.29 is 18.1 Å². The average Bonchev–Trinajstić information content (AvgIpc) is 2.70. The second-order valence-corrected chi connectivity index (χ2v) is 9.03. The molecule has 1 heterocycles. The van der Waals surface area contributed by atoms with Crippen molar-refractivity contribution in [3.8, 4) is 0 Å². The van der Waals surface area contributed by atoms with Crippen LogP contribution in [-0.4, -0.2) is 54.6 Å². The van der Waals surface area contributed by atoms with Gasteiger partial charge in [-0.2, -0.15) is 4.31 Å². The fourth-order valence-corrected chi connectivity index (χ4v) is 4.82. The highest BCUT2D eigenvalue weighted by atomic mass is 32.2. The van der Waals surface area contributed by atoms with Gasteiger partial charge in [-0.25, -0.2) is 8.42 Å². The Morgan fingerprint density at radius 1 is 1.03 bits per heavy atom. The summed E-state index contributed by atoms with van der Waals surface area (Å²) in [5.74, 6) is -0.248. The number of carbonyl (C=O) groups excluding carboxylic acids is 1. The molecule has 1 fully saturated rings. The Morgan fingerprint density at radius 2 is 1.69 bits per heavy atom. The standard InChI is InChI=1S/C20H23N3O5S/c1-15-7-8-18(13-16(15)2)29(27,28)22-11-9-21(10-12-22)20(24)14-17-5-3-4-6-19(17)23(25)26/h3-8,13H,9-12,14H2,1-2H3. The van der Waals surface area contributed by atoms with Crippen LogP contribution >= 0.6 is 0 Å². The van der Waals surface area contributed by atoms with E-state index in [1.807, 2.05) is 13.8 Å². The summed E-state index contributed by atoms with van der Waals surface area (Å²) in [6.07, 6.45) is -0.0823. The number of hydrogen-bond donors (Lipinski definition) is 0. The third-order valence-electron chi connectivity index (χ3n) is 5.24. The van der Waals surface area contributed by atoms with Gasteiger partial charge in [0.25, 0.3) is 5.69 Å². The fraction of sp³-hybridized carbons (Fsp3) is 0.350. The number of nitro benzene ring substituents is 1. The summed E-state index contributed by atoms with van der Waals surface area (Å²) in [6.45, 7) is 4.68. The predicted octanol–water partition coefficient (Wildman–Crippen LogP) is 2.29. The van der Waals surface area contributed by atoms with Crippen molar-refractivity contribution in [2.75, 3.05) is 26.2 Å². The lowest BCUT2D eigenvalue weighted by atomic mass is 10.1. The van der Waals surface area contributed by atoms with Crippen molar-refractivity contribution in [2.24, 2.45) is 0 Å². The van der Waals surface area contributed by atoms with Crippen molar-refractivity contribution in [3.63, 3.8) is 0 Å². The number of aryl methyl sites for hydroxylation is 2.